The van der Waals surface area contributed by atoms with Crippen LogP contribution >= 0.6 is 0 Å². The molecule has 0 unspecified atom stereocenters. The van der Waals surface area contributed by atoms with Gasteiger partial charge in [0.05, 0.1) is 18.2 Å². The molecule has 0 fully saturated rings. The normalized spacial score (nSPS) is 11.7. The van der Waals surface area contributed by atoms with E-state index in [4.69, 9.17) is 9.47 Å². The third kappa shape index (κ3) is 4.73. The zero-order chi connectivity index (χ0) is 23.2. The number of benzene rings is 2. The van der Waals surface area contributed by atoms with Crippen LogP contribution in [-0.2, 0) is 11.3 Å². The number of esters is 1. The summed E-state index contributed by atoms with van der Waals surface area (Å²) in [5.41, 5.74) is 3.61. The lowest BCUT2D eigenvalue weighted by Crippen LogP contribution is -2.27. The second-order valence-corrected chi connectivity index (χ2v) is 7.66. The number of anilines is 1. The number of rotatable bonds is 7. The van der Waals surface area contributed by atoms with E-state index in [0.717, 1.165) is 23.1 Å². The number of fused-ring (bicyclic) bond motifs is 2. The number of hydrogen-bond donors (Lipinski definition) is 0. The molecule has 1 aliphatic heterocycles. The molecular formula is C27H25N3O3. The van der Waals surface area contributed by atoms with Crippen LogP contribution in [-0.4, -0.2) is 24.1 Å². The first-order chi connectivity index (χ1) is 16.1. The van der Waals surface area contributed by atoms with Crippen molar-refractivity contribution < 1.29 is 14.3 Å². The topological polar surface area (TPSA) is 75.5 Å². The summed E-state index contributed by atoms with van der Waals surface area (Å²) >= 11 is 0. The minimum absolute atomic E-state index is 0.305. The summed E-state index contributed by atoms with van der Waals surface area (Å²) in [5.74, 6) is 1.55. The highest BCUT2D eigenvalue weighted by Crippen LogP contribution is 2.38. The van der Waals surface area contributed by atoms with Gasteiger partial charge in [-0.2, -0.15) is 5.26 Å². The van der Waals surface area contributed by atoms with Gasteiger partial charge in [-0.25, -0.2) is 9.78 Å². The predicted molar refractivity (Wildman–Crippen MR) is 128 cm³/mol. The minimum atomic E-state index is -0.382. The van der Waals surface area contributed by atoms with E-state index in [1.54, 1.807) is 25.3 Å². The fourth-order valence-corrected chi connectivity index (χ4v) is 3.88. The summed E-state index contributed by atoms with van der Waals surface area (Å²) in [6.07, 6.45) is 4.42. The largest absolute Gasteiger partial charge is 0.462 e. The number of hydrogen-bond acceptors (Lipinski definition) is 6. The van der Waals surface area contributed by atoms with E-state index >= 15 is 0 Å². The van der Waals surface area contributed by atoms with Crippen LogP contribution in [0.4, 0.5) is 5.82 Å². The molecule has 166 valence electrons. The molecule has 0 atom stereocenters. The van der Waals surface area contributed by atoms with Crippen LogP contribution < -0.4 is 9.64 Å². The Balaban J connectivity index is 1.69. The van der Waals surface area contributed by atoms with Crippen molar-refractivity contribution in [2.24, 2.45) is 0 Å². The van der Waals surface area contributed by atoms with Gasteiger partial charge in [0.25, 0.3) is 0 Å². The van der Waals surface area contributed by atoms with E-state index in [1.165, 1.54) is 0 Å². The standard InChI is InChI=1S/C27H25N3O3/c1-3-14-30(26-23(9-7-13-29-26)27(31)32-4-2)18-19-11-12-22-21(17-28)16-20-8-5-6-10-24(20)33-25(22)15-19/h5-13,15-16H,3-4,14,18H2,1-2H3. The zero-order valence-electron chi connectivity index (χ0n) is 18.7. The van der Waals surface area contributed by atoms with E-state index < -0.39 is 0 Å². The predicted octanol–water partition coefficient (Wildman–Crippen LogP) is 5.84. The van der Waals surface area contributed by atoms with Crippen molar-refractivity contribution >= 4 is 23.4 Å². The van der Waals surface area contributed by atoms with E-state index in [0.29, 0.717) is 48.1 Å². The number of carbonyl (C=O) groups is 1. The molecule has 0 spiro atoms. The highest BCUT2D eigenvalue weighted by molar-refractivity contribution is 5.95. The Bertz CT molecular complexity index is 1240. The first-order valence-electron chi connectivity index (χ1n) is 11.0. The van der Waals surface area contributed by atoms with Gasteiger partial charge in [-0.05, 0) is 55.3 Å². The third-order valence-corrected chi connectivity index (χ3v) is 5.34. The van der Waals surface area contributed by atoms with Gasteiger partial charge < -0.3 is 14.4 Å². The van der Waals surface area contributed by atoms with Crippen molar-refractivity contribution in [3.8, 4) is 17.6 Å². The lowest BCUT2D eigenvalue weighted by molar-refractivity contribution is 0.0526. The quantitative estimate of drug-likeness (QED) is 0.430. The van der Waals surface area contributed by atoms with Crippen LogP contribution in [0.5, 0.6) is 11.5 Å². The van der Waals surface area contributed by atoms with Crippen molar-refractivity contribution in [1.29, 1.82) is 5.26 Å². The molecule has 1 aliphatic rings. The van der Waals surface area contributed by atoms with Crippen molar-refractivity contribution in [2.45, 2.75) is 26.8 Å². The van der Waals surface area contributed by atoms with Gasteiger partial charge in [0.1, 0.15) is 22.9 Å². The van der Waals surface area contributed by atoms with Crippen LogP contribution in [0, 0.1) is 11.3 Å². The summed E-state index contributed by atoms with van der Waals surface area (Å²) in [5, 5.41) is 9.71. The van der Waals surface area contributed by atoms with Crippen LogP contribution in [0.15, 0.2) is 60.8 Å². The second-order valence-electron chi connectivity index (χ2n) is 7.66. The van der Waals surface area contributed by atoms with Gasteiger partial charge >= 0.3 is 5.97 Å². The third-order valence-electron chi connectivity index (χ3n) is 5.34. The maximum atomic E-state index is 12.5. The smallest absolute Gasteiger partial charge is 0.341 e. The van der Waals surface area contributed by atoms with Gasteiger partial charge in [-0.15, -0.1) is 0 Å². The number of para-hydroxylation sites is 1. The number of pyridine rings is 1. The average molecular weight is 440 g/mol. The monoisotopic (exact) mass is 439 g/mol. The Morgan fingerprint density at radius 3 is 2.76 bits per heavy atom. The Hall–Kier alpha value is -4.11. The molecule has 0 saturated carbocycles. The molecule has 6 nitrogen and oxygen atoms in total. The Kier molecular flexibility index (Phi) is 6.70. The fraction of sp³-hybridized carbons (Fsp3) is 0.222. The van der Waals surface area contributed by atoms with E-state index in [2.05, 4.69) is 22.9 Å². The molecule has 1 aromatic heterocycles. The summed E-state index contributed by atoms with van der Waals surface area (Å²) < 4.78 is 11.4. The second kappa shape index (κ2) is 10.0. The maximum Gasteiger partial charge on any atom is 0.341 e. The van der Waals surface area contributed by atoms with Crippen molar-refractivity contribution in [3.05, 3.63) is 83.0 Å². The number of nitrogens with zero attached hydrogens (tertiary/aromatic N) is 3. The summed E-state index contributed by atoms with van der Waals surface area (Å²) in [6.45, 7) is 5.42. The van der Waals surface area contributed by atoms with Crippen LogP contribution in [0.3, 0.4) is 0 Å². The number of nitriles is 1. The molecule has 4 rings (SSSR count). The van der Waals surface area contributed by atoms with Crippen molar-refractivity contribution in [3.63, 3.8) is 0 Å². The number of aromatic nitrogens is 1. The summed E-state index contributed by atoms with van der Waals surface area (Å²) in [7, 11) is 0. The Morgan fingerprint density at radius 1 is 1.12 bits per heavy atom. The first-order valence-corrected chi connectivity index (χ1v) is 11.0. The van der Waals surface area contributed by atoms with Crippen LogP contribution in [0.1, 0.15) is 47.3 Å². The molecule has 0 aliphatic carbocycles. The lowest BCUT2D eigenvalue weighted by Gasteiger charge is -2.25. The molecule has 33 heavy (non-hydrogen) atoms. The van der Waals surface area contributed by atoms with Gasteiger partial charge in [-0.3, -0.25) is 0 Å². The van der Waals surface area contributed by atoms with Gasteiger partial charge in [0, 0.05) is 30.4 Å². The van der Waals surface area contributed by atoms with Gasteiger partial charge in [0.2, 0.25) is 0 Å². The van der Waals surface area contributed by atoms with Crippen LogP contribution in [0.25, 0.3) is 11.6 Å². The molecule has 3 aromatic rings. The molecule has 0 saturated heterocycles. The average Bonchev–Trinajstić information content (AvgIpc) is 3.00. The highest BCUT2D eigenvalue weighted by Gasteiger charge is 2.21. The number of carbonyl (C=O) groups excluding carboxylic acids is 1. The van der Waals surface area contributed by atoms with E-state index in [-0.39, 0.29) is 5.97 Å². The van der Waals surface area contributed by atoms with Crippen molar-refractivity contribution in [2.75, 3.05) is 18.1 Å². The summed E-state index contributed by atoms with van der Waals surface area (Å²) in [6, 6.07) is 19.3. The SMILES string of the molecule is CCCN(Cc1ccc2c(c1)Oc1ccccc1C=C2C#N)c1ncccc1C(=O)OCC. The Morgan fingerprint density at radius 2 is 1.97 bits per heavy atom. The van der Waals surface area contributed by atoms with E-state index in [9.17, 15) is 10.1 Å². The highest BCUT2D eigenvalue weighted by atomic mass is 16.5. The number of allylic oxidation sites excluding steroid dienone is 1. The van der Waals surface area contributed by atoms with Crippen LogP contribution in [0.2, 0.25) is 0 Å². The molecule has 0 bridgehead atoms. The molecule has 2 aromatic carbocycles. The molecule has 0 radical (unpaired) electrons. The molecular weight excluding hydrogens is 414 g/mol. The Labute approximate surface area is 193 Å². The molecule has 0 N–H and O–H groups in total. The lowest BCUT2D eigenvalue weighted by atomic mass is 10.0. The molecule has 6 heteroatoms. The minimum Gasteiger partial charge on any atom is -0.462 e. The van der Waals surface area contributed by atoms with Crippen molar-refractivity contribution in [1.82, 2.24) is 4.98 Å². The maximum absolute atomic E-state index is 12.5. The van der Waals surface area contributed by atoms with E-state index in [1.807, 2.05) is 48.5 Å². The van der Waals surface area contributed by atoms with Gasteiger partial charge in [-0.1, -0.05) is 31.2 Å². The molecule has 2 heterocycles. The van der Waals surface area contributed by atoms with Gasteiger partial charge in [0.15, 0.2) is 0 Å². The summed E-state index contributed by atoms with van der Waals surface area (Å²) in [4.78, 5) is 19.1. The molecule has 0 amide bonds. The first kappa shape index (κ1) is 22.1. The zero-order valence-corrected chi connectivity index (χ0v) is 18.7. The number of ether oxygens (including phenoxy) is 2. The fourth-order valence-electron chi connectivity index (χ4n) is 3.88.